The maximum Gasteiger partial charge on any atom is 0.251 e. The average Bonchev–Trinajstić information content (AvgIpc) is 3.17. The molecular weight excluding hydrogens is 256 g/mol. The molecule has 0 bridgehead atoms. The van der Waals surface area contributed by atoms with Crippen molar-refractivity contribution in [3.63, 3.8) is 0 Å². The molecular formula is C14H16N4O2. The molecule has 20 heavy (non-hydrogen) atoms. The predicted molar refractivity (Wildman–Crippen MR) is 73.3 cm³/mol. The van der Waals surface area contributed by atoms with Crippen molar-refractivity contribution in [2.24, 2.45) is 0 Å². The zero-order chi connectivity index (χ0) is 13.9. The fourth-order valence-corrected chi connectivity index (χ4v) is 1.83. The third-order valence-electron chi connectivity index (χ3n) is 3.07. The molecule has 1 heterocycles. The third-order valence-corrected chi connectivity index (χ3v) is 3.07. The van der Waals surface area contributed by atoms with Gasteiger partial charge in [0.15, 0.2) is 5.82 Å². The minimum atomic E-state index is -0.00780. The molecule has 3 rings (SSSR count). The van der Waals surface area contributed by atoms with Gasteiger partial charge >= 0.3 is 0 Å². The molecule has 2 aromatic rings. The Hall–Kier alpha value is -2.37. The molecule has 1 fully saturated rings. The Morgan fingerprint density at radius 2 is 2.10 bits per heavy atom. The third kappa shape index (κ3) is 3.14. The maximum absolute atomic E-state index is 11.8. The van der Waals surface area contributed by atoms with Gasteiger partial charge in [0.1, 0.15) is 0 Å². The zero-order valence-corrected chi connectivity index (χ0v) is 11.2. The highest BCUT2D eigenvalue weighted by molar-refractivity contribution is 5.94. The van der Waals surface area contributed by atoms with Crippen LogP contribution in [0, 0.1) is 6.92 Å². The van der Waals surface area contributed by atoms with Crippen LogP contribution < -0.4 is 10.6 Å². The van der Waals surface area contributed by atoms with Crippen molar-refractivity contribution in [1.29, 1.82) is 0 Å². The molecule has 0 atom stereocenters. The van der Waals surface area contributed by atoms with Crippen LogP contribution in [-0.2, 0) is 6.54 Å². The first kappa shape index (κ1) is 12.7. The number of nitrogens with one attached hydrogen (secondary N) is 2. The molecule has 1 amide bonds. The number of hydrogen-bond donors (Lipinski definition) is 2. The summed E-state index contributed by atoms with van der Waals surface area (Å²) >= 11 is 0. The Labute approximate surface area is 116 Å². The summed E-state index contributed by atoms with van der Waals surface area (Å²) in [5.74, 6) is 1.15. The van der Waals surface area contributed by atoms with Crippen LogP contribution in [0.1, 0.15) is 34.9 Å². The second-order valence-electron chi connectivity index (χ2n) is 4.91. The van der Waals surface area contributed by atoms with Crippen molar-refractivity contribution in [2.75, 3.05) is 5.32 Å². The standard InChI is InChI=1S/C14H16N4O2/c1-9-16-13(20-18-9)8-15-11-4-2-10(3-5-11)14(19)17-12-6-7-12/h2-5,12,15H,6-8H2,1H3,(H,17,19). The normalized spacial score (nSPS) is 14.1. The van der Waals surface area contributed by atoms with Crippen molar-refractivity contribution in [1.82, 2.24) is 15.5 Å². The second kappa shape index (κ2) is 5.32. The summed E-state index contributed by atoms with van der Waals surface area (Å²) in [6.45, 7) is 2.24. The van der Waals surface area contributed by atoms with Crippen LogP contribution in [0.15, 0.2) is 28.8 Å². The summed E-state index contributed by atoms with van der Waals surface area (Å²) in [4.78, 5) is 15.9. The molecule has 0 aliphatic heterocycles. The molecule has 1 aliphatic rings. The number of nitrogens with zero attached hydrogens (tertiary/aromatic N) is 2. The van der Waals surface area contributed by atoms with Gasteiger partial charge in [0.25, 0.3) is 5.91 Å². The number of amides is 1. The summed E-state index contributed by atoms with van der Waals surface area (Å²) in [5, 5.41) is 9.84. The Bertz CT molecular complexity index is 602. The van der Waals surface area contributed by atoms with E-state index in [9.17, 15) is 4.79 Å². The monoisotopic (exact) mass is 272 g/mol. The van der Waals surface area contributed by atoms with E-state index in [1.165, 1.54) is 0 Å². The van der Waals surface area contributed by atoms with E-state index in [1.54, 1.807) is 19.1 Å². The number of aryl methyl sites for hydroxylation is 1. The number of carbonyl (C=O) groups is 1. The lowest BCUT2D eigenvalue weighted by Gasteiger charge is -2.06. The minimum absolute atomic E-state index is 0.00780. The smallest absolute Gasteiger partial charge is 0.251 e. The molecule has 104 valence electrons. The Morgan fingerprint density at radius 1 is 1.35 bits per heavy atom. The molecule has 1 aliphatic carbocycles. The molecule has 0 saturated heterocycles. The van der Waals surface area contributed by atoms with Crippen LogP contribution in [0.25, 0.3) is 0 Å². The number of hydrogen-bond acceptors (Lipinski definition) is 5. The number of benzene rings is 1. The summed E-state index contributed by atoms with van der Waals surface area (Å²) < 4.78 is 5.01. The second-order valence-corrected chi connectivity index (χ2v) is 4.91. The number of carbonyl (C=O) groups excluding carboxylic acids is 1. The fourth-order valence-electron chi connectivity index (χ4n) is 1.83. The van der Waals surface area contributed by atoms with Crippen LogP contribution in [0.5, 0.6) is 0 Å². The van der Waals surface area contributed by atoms with Gasteiger partial charge in [-0.3, -0.25) is 4.79 Å². The summed E-state index contributed by atoms with van der Waals surface area (Å²) in [6, 6.07) is 7.72. The lowest BCUT2D eigenvalue weighted by atomic mass is 10.2. The van der Waals surface area contributed by atoms with Crippen molar-refractivity contribution in [3.8, 4) is 0 Å². The van der Waals surface area contributed by atoms with Crippen LogP contribution in [-0.4, -0.2) is 22.1 Å². The molecule has 1 aromatic heterocycles. The van der Waals surface area contributed by atoms with Crippen LogP contribution >= 0.6 is 0 Å². The van der Waals surface area contributed by atoms with Gasteiger partial charge in [0, 0.05) is 17.3 Å². The minimum Gasteiger partial charge on any atom is -0.376 e. The Morgan fingerprint density at radius 3 is 2.70 bits per heavy atom. The molecule has 2 N–H and O–H groups in total. The highest BCUT2D eigenvalue weighted by atomic mass is 16.5. The van der Waals surface area contributed by atoms with Gasteiger partial charge in [-0.15, -0.1) is 0 Å². The summed E-state index contributed by atoms with van der Waals surface area (Å²) in [5.41, 5.74) is 1.58. The Kier molecular flexibility index (Phi) is 3.37. The number of rotatable bonds is 5. The molecule has 0 unspecified atom stereocenters. The van der Waals surface area contributed by atoms with Crippen LogP contribution in [0.4, 0.5) is 5.69 Å². The number of aromatic nitrogens is 2. The van der Waals surface area contributed by atoms with E-state index in [2.05, 4.69) is 20.8 Å². The fraction of sp³-hybridized carbons (Fsp3) is 0.357. The quantitative estimate of drug-likeness (QED) is 0.868. The van der Waals surface area contributed by atoms with Crippen molar-refractivity contribution in [3.05, 3.63) is 41.5 Å². The van der Waals surface area contributed by atoms with Gasteiger partial charge in [0.05, 0.1) is 6.54 Å². The predicted octanol–water partition coefficient (Wildman–Crippen LogP) is 1.88. The van der Waals surface area contributed by atoms with Gasteiger partial charge in [0.2, 0.25) is 5.89 Å². The first-order valence-electron chi connectivity index (χ1n) is 6.65. The van der Waals surface area contributed by atoms with E-state index in [1.807, 2.05) is 12.1 Å². The lowest BCUT2D eigenvalue weighted by Crippen LogP contribution is -2.25. The van der Waals surface area contributed by atoms with Gasteiger partial charge in [-0.1, -0.05) is 5.16 Å². The van der Waals surface area contributed by atoms with Gasteiger partial charge < -0.3 is 15.2 Å². The zero-order valence-electron chi connectivity index (χ0n) is 11.2. The van der Waals surface area contributed by atoms with Gasteiger partial charge in [-0.25, -0.2) is 0 Å². The van der Waals surface area contributed by atoms with E-state index in [-0.39, 0.29) is 5.91 Å². The average molecular weight is 272 g/mol. The van der Waals surface area contributed by atoms with Crippen molar-refractivity contribution >= 4 is 11.6 Å². The molecule has 0 spiro atoms. The first-order chi connectivity index (χ1) is 9.70. The van der Waals surface area contributed by atoms with Gasteiger partial charge in [-0.2, -0.15) is 4.98 Å². The van der Waals surface area contributed by atoms with Crippen LogP contribution in [0.3, 0.4) is 0 Å². The van der Waals surface area contributed by atoms with E-state index in [0.29, 0.717) is 29.9 Å². The van der Waals surface area contributed by atoms with E-state index in [0.717, 1.165) is 18.5 Å². The van der Waals surface area contributed by atoms with E-state index in [4.69, 9.17) is 4.52 Å². The SMILES string of the molecule is Cc1noc(CNc2ccc(C(=O)NC3CC3)cc2)n1. The van der Waals surface area contributed by atoms with E-state index < -0.39 is 0 Å². The molecule has 1 aromatic carbocycles. The van der Waals surface area contributed by atoms with Crippen molar-refractivity contribution in [2.45, 2.75) is 32.4 Å². The number of anilines is 1. The van der Waals surface area contributed by atoms with Gasteiger partial charge in [-0.05, 0) is 44.0 Å². The molecule has 1 saturated carbocycles. The van der Waals surface area contributed by atoms with E-state index >= 15 is 0 Å². The largest absolute Gasteiger partial charge is 0.376 e. The topological polar surface area (TPSA) is 80.0 Å². The van der Waals surface area contributed by atoms with Crippen molar-refractivity contribution < 1.29 is 9.32 Å². The summed E-state index contributed by atoms with van der Waals surface area (Å²) in [6.07, 6.45) is 2.18. The highest BCUT2D eigenvalue weighted by Crippen LogP contribution is 2.19. The molecule has 6 nitrogen and oxygen atoms in total. The van der Waals surface area contributed by atoms with Crippen LogP contribution in [0.2, 0.25) is 0 Å². The highest BCUT2D eigenvalue weighted by Gasteiger charge is 2.23. The lowest BCUT2D eigenvalue weighted by molar-refractivity contribution is 0.0951. The maximum atomic E-state index is 11.8. The molecule has 0 radical (unpaired) electrons. The Balaban J connectivity index is 1.56. The first-order valence-corrected chi connectivity index (χ1v) is 6.65. The molecule has 6 heteroatoms. The summed E-state index contributed by atoms with van der Waals surface area (Å²) in [7, 11) is 0.